The van der Waals surface area contributed by atoms with Crippen molar-refractivity contribution in [2.24, 2.45) is 0 Å². The predicted molar refractivity (Wildman–Crippen MR) is 101 cm³/mol. The topological polar surface area (TPSA) is 39.7 Å². The highest BCUT2D eigenvalue weighted by molar-refractivity contribution is 5.46. The number of para-hydroxylation sites is 1. The summed E-state index contributed by atoms with van der Waals surface area (Å²) in [6, 6.07) is 14.2. The van der Waals surface area contributed by atoms with Crippen molar-refractivity contribution in [2.75, 3.05) is 31.7 Å². The lowest BCUT2D eigenvalue weighted by atomic mass is 10.1. The molecule has 3 rings (SSSR count). The Morgan fingerprint density at radius 1 is 1.04 bits per heavy atom. The SMILES string of the molecule is Cc1cccc(C)c1OCCNc1ccc(OC[C@@H]2CCCO2)cc1. The zero-order valence-corrected chi connectivity index (χ0v) is 15.1. The summed E-state index contributed by atoms with van der Waals surface area (Å²) < 4.78 is 17.3. The highest BCUT2D eigenvalue weighted by Gasteiger charge is 2.15. The number of ether oxygens (including phenoxy) is 3. The summed E-state index contributed by atoms with van der Waals surface area (Å²) in [5.41, 5.74) is 3.41. The first-order chi connectivity index (χ1) is 12.2. The van der Waals surface area contributed by atoms with Crippen LogP contribution in [0.4, 0.5) is 5.69 Å². The van der Waals surface area contributed by atoms with Crippen LogP contribution in [0.1, 0.15) is 24.0 Å². The molecule has 0 unspecified atom stereocenters. The van der Waals surface area contributed by atoms with Gasteiger partial charge in [-0.1, -0.05) is 18.2 Å². The van der Waals surface area contributed by atoms with Crippen molar-refractivity contribution in [3.05, 3.63) is 53.6 Å². The van der Waals surface area contributed by atoms with Crippen LogP contribution in [0.25, 0.3) is 0 Å². The van der Waals surface area contributed by atoms with Gasteiger partial charge in [0.05, 0.1) is 6.10 Å². The molecule has 0 aromatic heterocycles. The maximum absolute atomic E-state index is 5.91. The molecule has 134 valence electrons. The Morgan fingerprint density at radius 2 is 1.80 bits per heavy atom. The Morgan fingerprint density at radius 3 is 2.48 bits per heavy atom. The van der Waals surface area contributed by atoms with E-state index in [0.717, 1.165) is 43.2 Å². The largest absolute Gasteiger partial charge is 0.491 e. The monoisotopic (exact) mass is 341 g/mol. The fourth-order valence-corrected chi connectivity index (χ4v) is 3.01. The maximum atomic E-state index is 5.91. The van der Waals surface area contributed by atoms with Crippen molar-refractivity contribution in [3.8, 4) is 11.5 Å². The summed E-state index contributed by atoms with van der Waals surface area (Å²) in [7, 11) is 0. The Kier molecular flexibility index (Phi) is 6.18. The Hall–Kier alpha value is -2.20. The first-order valence-electron chi connectivity index (χ1n) is 9.00. The van der Waals surface area contributed by atoms with E-state index >= 15 is 0 Å². The number of aryl methyl sites for hydroxylation is 2. The van der Waals surface area contributed by atoms with E-state index in [1.165, 1.54) is 11.1 Å². The van der Waals surface area contributed by atoms with Gasteiger partial charge in [-0.2, -0.15) is 0 Å². The smallest absolute Gasteiger partial charge is 0.125 e. The number of nitrogens with one attached hydrogen (secondary N) is 1. The van der Waals surface area contributed by atoms with E-state index in [2.05, 4.69) is 37.4 Å². The molecule has 4 heteroatoms. The molecular weight excluding hydrogens is 314 g/mol. The van der Waals surface area contributed by atoms with E-state index in [1.807, 2.05) is 24.3 Å². The van der Waals surface area contributed by atoms with Gasteiger partial charge in [-0.05, 0) is 62.1 Å². The van der Waals surface area contributed by atoms with Gasteiger partial charge < -0.3 is 19.5 Å². The van der Waals surface area contributed by atoms with Crippen LogP contribution in [-0.4, -0.2) is 32.5 Å². The van der Waals surface area contributed by atoms with Gasteiger partial charge in [0.1, 0.15) is 24.7 Å². The number of hydrogen-bond donors (Lipinski definition) is 1. The van der Waals surface area contributed by atoms with Gasteiger partial charge >= 0.3 is 0 Å². The Balaban J connectivity index is 1.39. The van der Waals surface area contributed by atoms with Crippen LogP contribution in [0.15, 0.2) is 42.5 Å². The highest BCUT2D eigenvalue weighted by atomic mass is 16.5. The van der Waals surface area contributed by atoms with Gasteiger partial charge in [0.25, 0.3) is 0 Å². The fraction of sp³-hybridized carbons (Fsp3) is 0.429. The summed E-state index contributed by atoms with van der Waals surface area (Å²) in [6.45, 7) is 7.03. The number of benzene rings is 2. The van der Waals surface area contributed by atoms with Gasteiger partial charge in [-0.15, -0.1) is 0 Å². The van der Waals surface area contributed by atoms with Gasteiger partial charge in [0, 0.05) is 18.8 Å². The Labute approximate surface area is 150 Å². The average Bonchev–Trinajstić information content (AvgIpc) is 3.13. The molecule has 2 aromatic rings. The summed E-state index contributed by atoms with van der Waals surface area (Å²) in [5, 5.41) is 3.37. The minimum absolute atomic E-state index is 0.250. The van der Waals surface area contributed by atoms with E-state index in [4.69, 9.17) is 14.2 Å². The van der Waals surface area contributed by atoms with Crippen molar-refractivity contribution in [1.82, 2.24) is 0 Å². The molecule has 0 radical (unpaired) electrons. The molecule has 1 saturated heterocycles. The summed E-state index contributed by atoms with van der Waals surface area (Å²) in [4.78, 5) is 0. The van der Waals surface area contributed by atoms with Crippen molar-refractivity contribution >= 4 is 5.69 Å². The van der Waals surface area contributed by atoms with Crippen LogP contribution in [0.2, 0.25) is 0 Å². The third kappa shape index (κ3) is 5.13. The molecule has 0 bridgehead atoms. The zero-order valence-electron chi connectivity index (χ0n) is 15.1. The molecular formula is C21H27NO3. The molecule has 0 saturated carbocycles. The van der Waals surface area contributed by atoms with Gasteiger partial charge in [-0.3, -0.25) is 0 Å². The molecule has 0 spiro atoms. The standard InChI is InChI=1S/C21H27NO3/c1-16-5-3-6-17(2)21(16)24-14-12-22-18-8-10-19(11-9-18)25-15-20-7-4-13-23-20/h3,5-6,8-11,20,22H,4,7,12-15H2,1-2H3/t20-/m0/s1. The van der Waals surface area contributed by atoms with Crippen LogP contribution in [0, 0.1) is 13.8 Å². The second-order valence-electron chi connectivity index (χ2n) is 6.47. The third-order valence-corrected chi connectivity index (χ3v) is 4.40. The lowest BCUT2D eigenvalue weighted by Gasteiger charge is -2.14. The van der Waals surface area contributed by atoms with Gasteiger partial charge in [0.15, 0.2) is 0 Å². The normalized spacial score (nSPS) is 16.6. The summed E-state index contributed by atoms with van der Waals surface area (Å²) >= 11 is 0. The minimum Gasteiger partial charge on any atom is -0.491 e. The maximum Gasteiger partial charge on any atom is 0.125 e. The van der Waals surface area contributed by atoms with E-state index in [1.54, 1.807) is 0 Å². The lowest BCUT2D eigenvalue weighted by Crippen LogP contribution is -2.16. The van der Waals surface area contributed by atoms with E-state index in [9.17, 15) is 0 Å². The summed E-state index contributed by atoms with van der Waals surface area (Å²) in [5.74, 6) is 1.87. The van der Waals surface area contributed by atoms with Crippen LogP contribution >= 0.6 is 0 Å². The van der Waals surface area contributed by atoms with Crippen LogP contribution in [0.3, 0.4) is 0 Å². The van der Waals surface area contributed by atoms with E-state index < -0.39 is 0 Å². The zero-order chi connectivity index (χ0) is 17.5. The van der Waals surface area contributed by atoms with Crippen molar-refractivity contribution in [3.63, 3.8) is 0 Å². The first-order valence-corrected chi connectivity index (χ1v) is 9.00. The average molecular weight is 341 g/mol. The quantitative estimate of drug-likeness (QED) is 0.725. The first kappa shape index (κ1) is 17.6. The number of rotatable bonds is 8. The molecule has 1 N–H and O–H groups in total. The molecule has 4 nitrogen and oxygen atoms in total. The molecule has 0 amide bonds. The lowest BCUT2D eigenvalue weighted by molar-refractivity contribution is 0.0679. The van der Waals surface area contributed by atoms with Gasteiger partial charge in [0.2, 0.25) is 0 Å². The molecule has 1 atom stereocenters. The van der Waals surface area contributed by atoms with Crippen molar-refractivity contribution < 1.29 is 14.2 Å². The summed E-state index contributed by atoms with van der Waals surface area (Å²) in [6.07, 6.45) is 2.49. The van der Waals surface area contributed by atoms with Crippen LogP contribution < -0.4 is 14.8 Å². The fourth-order valence-electron chi connectivity index (χ4n) is 3.01. The van der Waals surface area contributed by atoms with Gasteiger partial charge in [-0.25, -0.2) is 0 Å². The second kappa shape index (κ2) is 8.77. The van der Waals surface area contributed by atoms with E-state index in [0.29, 0.717) is 13.2 Å². The third-order valence-electron chi connectivity index (χ3n) is 4.40. The predicted octanol–water partition coefficient (Wildman–Crippen LogP) is 4.35. The van der Waals surface area contributed by atoms with Crippen LogP contribution in [0.5, 0.6) is 11.5 Å². The number of anilines is 1. The molecule has 2 aromatic carbocycles. The molecule has 1 aliphatic rings. The molecule has 25 heavy (non-hydrogen) atoms. The molecule has 0 aliphatic carbocycles. The van der Waals surface area contributed by atoms with E-state index in [-0.39, 0.29) is 6.10 Å². The number of hydrogen-bond acceptors (Lipinski definition) is 4. The van der Waals surface area contributed by atoms with Crippen molar-refractivity contribution in [2.45, 2.75) is 32.8 Å². The highest BCUT2D eigenvalue weighted by Crippen LogP contribution is 2.22. The second-order valence-corrected chi connectivity index (χ2v) is 6.47. The Bertz CT molecular complexity index is 643. The molecule has 1 aliphatic heterocycles. The molecule has 1 heterocycles. The van der Waals surface area contributed by atoms with Crippen LogP contribution in [-0.2, 0) is 4.74 Å². The minimum atomic E-state index is 0.250. The van der Waals surface area contributed by atoms with Crippen molar-refractivity contribution in [1.29, 1.82) is 0 Å². The molecule has 1 fully saturated rings.